The number of carboxylic acid groups (broad SMARTS) is 1. The van der Waals surface area contributed by atoms with Crippen LogP contribution in [0.5, 0.6) is 0 Å². The van der Waals surface area contributed by atoms with Crippen molar-refractivity contribution < 1.29 is 9.90 Å². The molecule has 23 heavy (non-hydrogen) atoms. The van der Waals surface area contributed by atoms with Crippen molar-refractivity contribution in [2.24, 2.45) is 5.92 Å². The fourth-order valence-corrected chi connectivity index (χ4v) is 2.61. The molecule has 0 bridgehead atoms. The molecule has 0 amide bonds. The number of hydrogen-bond acceptors (Lipinski definition) is 1. The van der Waals surface area contributed by atoms with Gasteiger partial charge in [-0.25, -0.2) is 4.79 Å². The first-order valence-electron chi connectivity index (χ1n) is 9.39. The number of carbonyl (C=O) groups is 1. The topological polar surface area (TPSA) is 37.3 Å². The third-order valence-electron chi connectivity index (χ3n) is 4.08. The van der Waals surface area contributed by atoms with E-state index in [9.17, 15) is 4.79 Å². The Labute approximate surface area is 143 Å². The highest BCUT2D eigenvalue weighted by Crippen LogP contribution is 2.17. The Morgan fingerprint density at radius 3 is 2.17 bits per heavy atom. The lowest BCUT2D eigenvalue weighted by Gasteiger charge is -2.10. The van der Waals surface area contributed by atoms with E-state index in [1.165, 1.54) is 70.3 Å². The van der Waals surface area contributed by atoms with Crippen molar-refractivity contribution in [2.75, 3.05) is 0 Å². The predicted molar refractivity (Wildman–Crippen MR) is 101 cm³/mol. The molecule has 1 atom stereocenters. The maximum absolute atomic E-state index is 10.2. The molecule has 0 saturated heterocycles. The zero-order valence-electron chi connectivity index (χ0n) is 15.2. The van der Waals surface area contributed by atoms with Crippen LogP contribution in [0.4, 0.5) is 0 Å². The Morgan fingerprint density at radius 2 is 1.48 bits per heavy atom. The molecule has 0 radical (unpaired) electrons. The number of carboxylic acids is 1. The van der Waals surface area contributed by atoms with Crippen molar-refractivity contribution in [1.82, 2.24) is 0 Å². The SMILES string of the molecule is CCCCCC(C)CCCCCCCC=CC=C/C=C\C(=O)O. The summed E-state index contributed by atoms with van der Waals surface area (Å²) in [6.45, 7) is 4.67. The number of unbranched alkanes of at least 4 members (excludes halogenated alkanes) is 7. The van der Waals surface area contributed by atoms with Crippen LogP contribution in [-0.4, -0.2) is 11.1 Å². The molecule has 2 heteroatoms. The molecule has 0 heterocycles. The van der Waals surface area contributed by atoms with Crippen LogP contribution in [0.3, 0.4) is 0 Å². The lowest BCUT2D eigenvalue weighted by molar-refractivity contribution is -0.131. The standard InChI is InChI=1S/C21H36O2/c1-3-4-14-17-20(2)18-15-12-10-8-6-5-7-9-11-13-16-19-21(22)23/h7,9,11,13,16,19-20H,3-6,8,10,12,14-15,17-18H2,1-2H3,(H,22,23)/b9-7?,13-11?,19-16-. The van der Waals surface area contributed by atoms with E-state index in [4.69, 9.17) is 5.11 Å². The summed E-state index contributed by atoms with van der Waals surface area (Å²) in [5.74, 6) is 0.000398. The molecule has 2 nitrogen and oxygen atoms in total. The third kappa shape index (κ3) is 18.6. The zero-order valence-corrected chi connectivity index (χ0v) is 15.2. The molecule has 0 fully saturated rings. The summed E-state index contributed by atoms with van der Waals surface area (Å²) >= 11 is 0. The molecule has 0 aliphatic carbocycles. The number of allylic oxidation sites excluding steroid dienone is 5. The van der Waals surface area contributed by atoms with Gasteiger partial charge in [0.15, 0.2) is 0 Å². The van der Waals surface area contributed by atoms with Crippen LogP contribution in [-0.2, 0) is 4.79 Å². The summed E-state index contributed by atoms with van der Waals surface area (Å²) in [4.78, 5) is 10.2. The second kappa shape index (κ2) is 17.1. The van der Waals surface area contributed by atoms with E-state index >= 15 is 0 Å². The Kier molecular flexibility index (Phi) is 16.1. The molecule has 0 spiro atoms. The Bertz CT molecular complexity index is 353. The normalized spacial score (nSPS) is 13.5. The minimum Gasteiger partial charge on any atom is -0.478 e. The van der Waals surface area contributed by atoms with Crippen LogP contribution >= 0.6 is 0 Å². The van der Waals surface area contributed by atoms with E-state index in [-0.39, 0.29) is 0 Å². The minimum atomic E-state index is -0.908. The quantitative estimate of drug-likeness (QED) is 0.207. The maximum atomic E-state index is 10.2. The average Bonchev–Trinajstić information content (AvgIpc) is 2.51. The summed E-state index contributed by atoms with van der Waals surface area (Å²) in [6, 6.07) is 0. The molecular weight excluding hydrogens is 284 g/mol. The van der Waals surface area contributed by atoms with Crippen LogP contribution in [0.1, 0.15) is 84.5 Å². The van der Waals surface area contributed by atoms with E-state index < -0.39 is 5.97 Å². The molecule has 0 aromatic carbocycles. The van der Waals surface area contributed by atoms with Crippen LogP contribution in [0.2, 0.25) is 0 Å². The monoisotopic (exact) mass is 320 g/mol. The van der Waals surface area contributed by atoms with Crippen LogP contribution in [0, 0.1) is 5.92 Å². The van der Waals surface area contributed by atoms with E-state index in [2.05, 4.69) is 19.9 Å². The highest BCUT2D eigenvalue weighted by atomic mass is 16.4. The summed E-state index contributed by atoms with van der Waals surface area (Å²) in [6.07, 6.45) is 25.2. The molecule has 0 aliphatic heterocycles. The highest BCUT2D eigenvalue weighted by Gasteiger charge is 2.01. The van der Waals surface area contributed by atoms with Gasteiger partial charge in [-0.15, -0.1) is 0 Å². The lowest BCUT2D eigenvalue weighted by Crippen LogP contribution is -1.94. The van der Waals surface area contributed by atoms with Crippen LogP contribution < -0.4 is 0 Å². The highest BCUT2D eigenvalue weighted by molar-refractivity contribution is 5.80. The van der Waals surface area contributed by atoms with Crippen LogP contribution in [0.25, 0.3) is 0 Å². The Balaban J connectivity index is 3.34. The minimum absolute atomic E-state index is 0.908. The average molecular weight is 321 g/mol. The zero-order chi connectivity index (χ0) is 17.2. The van der Waals surface area contributed by atoms with Gasteiger partial charge >= 0.3 is 5.97 Å². The summed E-state index contributed by atoms with van der Waals surface area (Å²) in [5, 5.41) is 8.41. The van der Waals surface area contributed by atoms with Crippen molar-refractivity contribution in [3.63, 3.8) is 0 Å². The molecule has 0 saturated carbocycles. The fraction of sp³-hybridized carbons (Fsp3) is 0.667. The van der Waals surface area contributed by atoms with Crippen LogP contribution in [0.15, 0.2) is 36.5 Å². The molecule has 1 N–H and O–H groups in total. The van der Waals surface area contributed by atoms with Gasteiger partial charge in [0.25, 0.3) is 0 Å². The van der Waals surface area contributed by atoms with E-state index in [1.54, 1.807) is 6.08 Å². The van der Waals surface area contributed by atoms with Gasteiger partial charge in [-0.2, -0.15) is 0 Å². The molecule has 0 aromatic heterocycles. The molecule has 132 valence electrons. The molecule has 0 aromatic rings. The van der Waals surface area contributed by atoms with E-state index in [1.807, 2.05) is 12.2 Å². The number of hydrogen-bond donors (Lipinski definition) is 1. The van der Waals surface area contributed by atoms with Gasteiger partial charge in [0, 0.05) is 6.08 Å². The summed E-state index contributed by atoms with van der Waals surface area (Å²) < 4.78 is 0. The largest absolute Gasteiger partial charge is 0.478 e. The van der Waals surface area contributed by atoms with Gasteiger partial charge < -0.3 is 5.11 Å². The maximum Gasteiger partial charge on any atom is 0.328 e. The van der Waals surface area contributed by atoms with Crippen molar-refractivity contribution in [2.45, 2.75) is 84.5 Å². The Morgan fingerprint density at radius 1 is 0.870 bits per heavy atom. The first-order chi connectivity index (χ1) is 11.2. The lowest BCUT2D eigenvalue weighted by atomic mass is 9.96. The molecule has 1 unspecified atom stereocenters. The van der Waals surface area contributed by atoms with Crippen molar-refractivity contribution in [3.8, 4) is 0 Å². The van der Waals surface area contributed by atoms with Gasteiger partial charge in [-0.05, 0) is 18.8 Å². The first kappa shape index (κ1) is 21.7. The van der Waals surface area contributed by atoms with Crippen molar-refractivity contribution >= 4 is 5.97 Å². The number of aliphatic carboxylic acids is 1. The summed E-state index contributed by atoms with van der Waals surface area (Å²) in [5.41, 5.74) is 0. The predicted octanol–water partition coefficient (Wildman–Crippen LogP) is 6.69. The smallest absolute Gasteiger partial charge is 0.328 e. The van der Waals surface area contributed by atoms with Crippen molar-refractivity contribution in [3.05, 3.63) is 36.5 Å². The molecule has 0 rings (SSSR count). The second-order valence-corrected chi connectivity index (χ2v) is 6.46. The van der Waals surface area contributed by atoms with Gasteiger partial charge in [-0.3, -0.25) is 0 Å². The first-order valence-corrected chi connectivity index (χ1v) is 9.39. The van der Waals surface area contributed by atoms with Gasteiger partial charge in [-0.1, -0.05) is 102 Å². The second-order valence-electron chi connectivity index (χ2n) is 6.46. The number of rotatable bonds is 15. The van der Waals surface area contributed by atoms with Gasteiger partial charge in [0.2, 0.25) is 0 Å². The molecular formula is C21H36O2. The fourth-order valence-electron chi connectivity index (χ4n) is 2.61. The Hall–Kier alpha value is -1.31. The molecule has 0 aliphatic rings. The van der Waals surface area contributed by atoms with Crippen molar-refractivity contribution in [1.29, 1.82) is 0 Å². The van der Waals surface area contributed by atoms with E-state index in [0.717, 1.165) is 18.4 Å². The van der Waals surface area contributed by atoms with Gasteiger partial charge in [0.1, 0.15) is 0 Å². The third-order valence-corrected chi connectivity index (χ3v) is 4.08. The van der Waals surface area contributed by atoms with E-state index in [0.29, 0.717) is 0 Å². The van der Waals surface area contributed by atoms with Gasteiger partial charge in [0.05, 0.1) is 0 Å². The summed E-state index contributed by atoms with van der Waals surface area (Å²) in [7, 11) is 0.